The highest BCUT2D eigenvalue weighted by Crippen LogP contribution is 2.21. The maximum atomic E-state index is 12.1. The van der Waals surface area contributed by atoms with Gasteiger partial charge in [-0.05, 0) is 35.9 Å². The van der Waals surface area contributed by atoms with Gasteiger partial charge in [-0.3, -0.25) is 4.79 Å². The van der Waals surface area contributed by atoms with E-state index in [1.54, 1.807) is 30.6 Å². The number of ketones is 1. The van der Waals surface area contributed by atoms with Crippen molar-refractivity contribution in [2.75, 3.05) is 0 Å². The minimum atomic E-state index is -0.212. The lowest BCUT2D eigenvalue weighted by molar-refractivity contribution is 0.101. The summed E-state index contributed by atoms with van der Waals surface area (Å²) in [4.78, 5) is 19.2. The van der Waals surface area contributed by atoms with Crippen LogP contribution in [0.15, 0.2) is 41.1 Å². The lowest BCUT2D eigenvalue weighted by Gasteiger charge is -1.94. The number of pyridine rings is 1. The van der Waals surface area contributed by atoms with Crippen molar-refractivity contribution in [1.82, 2.24) is 9.97 Å². The number of fused-ring (bicyclic) bond motifs is 1. The van der Waals surface area contributed by atoms with Gasteiger partial charge in [0, 0.05) is 17.8 Å². The molecule has 17 heavy (non-hydrogen) atoms. The van der Waals surface area contributed by atoms with Gasteiger partial charge in [-0.25, -0.2) is 4.98 Å². The summed E-state index contributed by atoms with van der Waals surface area (Å²) in [6.45, 7) is 0. The van der Waals surface area contributed by atoms with Crippen LogP contribution in [-0.4, -0.2) is 15.8 Å². The summed E-state index contributed by atoms with van der Waals surface area (Å²) in [7, 11) is 0. The third-order valence-corrected chi connectivity index (χ3v) is 2.70. The summed E-state index contributed by atoms with van der Waals surface area (Å²) in [5.74, 6) is 0.0101. The quantitative estimate of drug-likeness (QED) is 0.707. The van der Waals surface area contributed by atoms with Crippen molar-refractivity contribution >= 4 is 28.4 Å². The van der Waals surface area contributed by atoms with Crippen LogP contribution in [0.5, 0.6) is 0 Å². The molecule has 0 radical (unpaired) electrons. The second kappa shape index (κ2) is 3.75. The number of carbonyl (C=O) groups is 1. The van der Waals surface area contributed by atoms with Crippen molar-refractivity contribution in [2.45, 2.75) is 0 Å². The van der Waals surface area contributed by atoms with E-state index in [1.807, 2.05) is 6.07 Å². The van der Waals surface area contributed by atoms with Gasteiger partial charge in [0.25, 0.3) is 0 Å². The van der Waals surface area contributed by atoms with Gasteiger partial charge >= 0.3 is 0 Å². The molecule has 4 nitrogen and oxygen atoms in total. The summed E-state index contributed by atoms with van der Waals surface area (Å²) in [5.41, 5.74) is 1.20. The first-order chi connectivity index (χ1) is 8.25. The number of H-pyrrole nitrogens is 1. The Morgan fingerprint density at radius 3 is 3.00 bits per heavy atom. The number of aromatic nitrogens is 2. The van der Waals surface area contributed by atoms with Gasteiger partial charge in [-0.1, -0.05) is 0 Å². The molecule has 5 heteroatoms. The van der Waals surface area contributed by atoms with Gasteiger partial charge in [0.2, 0.25) is 5.78 Å². The number of nitrogens with one attached hydrogen (secondary N) is 1. The fourth-order valence-corrected chi connectivity index (χ4v) is 1.86. The lowest BCUT2D eigenvalue weighted by Crippen LogP contribution is -1.97. The molecule has 0 saturated carbocycles. The first-order valence-electron chi connectivity index (χ1n) is 4.98. The fraction of sp³-hybridized carbons (Fsp3) is 0. The van der Waals surface area contributed by atoms with Crippen LogP contribution < -0.4 is 0 Å². The molecule has 0 amide bonds. The van der Waals surface area contributed by atoms with Crippen LogP contribution in [0.4, 0.5) is 0 Å². The van der Waals surface area contributed by atoms with Crippen molar-refractivity contribution in [3.63, 3.8) is 0 Å². The molecule has 3 aromatic heterocycles. The number of aromatic amines is 1. The molecule has 0 unspecified atom stereocenters. The van der Waals surface area contributed by atoms with E-state index in [4.69, 9.17) is 16.0 Å². The van der Waals surface area contributed by atoms with Gasteiger partial charge in [-0.2, -0.15) is 0 Å². The van der Waals surface area contributed by atoms with Gasteiger partial charge in [-0.15, -0.1) is 0 Å². The first-order valence-corrected chi connectivity index (χ1v) is 5.35. The second-order valence-corrected chi connectivity index (χ2v) is 3.91. The SMILES string of the molecule is O=C(c1ccc(Cl)o1)c1c[nH]c2ncccc12. The zero-order chi connectivity index (χ0) is 11.8. The third-order valence-electron chi connectivity index (χ3n) is 2.49. The summed E-state index contributed by atoms with van der Waals surface area (Å²) >= 11 is 5.65. The molecule has 1 N–H and O–H groups in total. The van der Waals surface area contributed by atoms with Gasteiger partial charge in [0.05, 0.1) is 5.56 Å². The molecule has 0 aromatic carbocycles. The fourth-order valence-electron chi connectivity index (χ4n) is 1.71. The van der Waals surface area contributed by atoms with E-state index in [9.17, 15) is 4.79 Å². The van der Waals surface area contributed by atoms with Crippen LogP contribution in [0.1, 0.15) is 16.1 Å². The van der Waals surface area contributed by atoms with Crippen molar-refractivity contribution in [1.29, 1.82) is 0 Å². The molecule has 0 atom stereocenters. The van der Waals surface area contributed by atoms with Gasteiger partial charge in [0.15, 0.2) is 11.0 Å². The minimum absolute atomic E-state index is 0.200. The predicted molar refractivity (Wildman–Crippen MR) is 63.2 cm³/mol. The molecule has 0 aliphatic rings. The van der Waals surface area contributed by atoms with Crippen LogP contribution >= 0.6 is 11.6 Å². The van der Waals surface area contributed by atoms with Crippen LogP contribution in [0.2, 0.25) is 5.22 Å². The molecular weight excluding hydrogens is 240 g/mol. The normalized spacial score (nSPS) is 10.9. The highest BCUT2D eigenvalue weighted by molar-refractivity contribution is 6.29. The lowest BCUT2D eigenvalue weighted by atomic mass is 10.1. The molecular formula is C12H7ClN2O2. The Balaban J connectivity index is 2.13. The Kier molecular flexibility index (Phi) is 2.23. The summed E-state index contributed by atoms with van der Waals surface area (Å²) < 4.78 is 5.10. The van der Waals surface area contributed by atoms with E-state index in [2.05, 4.69) is 9.97 Å². The molecule has 84 valence electrons. The maximum Gasteiger partial charge on any atom is 0.230 e. The Morgan fingerprint density at radius 1 is 1.35 bits per heavy atom. The Hall–Kier alpha value is -2.07. The average molecular weight is 247 g/mol. The molecule has 0 bridgehead atoms. The molecule has 3 heterocycles. The van der Waals surface area contributed by atoms with Crippen LogP contribution in [0, 0.1) is 0 Å². The molecule has 3 aromatic rings. The van der Waals surface area contributed by atoms with Crippen LogP contribution in [-0.2, 0) is 0 Å². The van der Waals surface area contributed by atoms with E-state index >= 15 is 0 Å². The molecule has 0 aliphatic heterocycles. The Bertz CT molecular complexity index is 699. The zero-order valence-electron chi connectivity index (χ0n) is 8.61. The van der Waals surface area contributed by atoms with Crippen molar-refractivity contribution in [3.05, 3.63) is 53.2 Å². The summed E-state index contributed by atoms with van der Waals surface area (Å²) in [5, 5.41) is 0.969. The standard InChI is InChI=1S/C12H7ClN2O2/c13-10-4-3-9(17-10)11(16)8-6-15-12-7(8)2-1-5-14-12/h1-6H,(H,14,15). The monoisotopic (exact) mass is 246 g/mol. The highest BCUT2D eigenvalue weighted by atomic mass is 35.5. The Morgan fingerprint density at radius 2 is 2.24 bits per heavy atom. The topological polar surface area (TPSA) is 58.9 Å². The molecule has 0 spiro atoms. The number of carbonyl (C=O) groups excluding carboxylic acids is 1. The number of halogens is 1. The average Bonchev–Trinajstić information content (AvgIpc) is 2.94. The van der Waals surface area contributed by atoms with Crippen molar-refractivity contribution in [3.8, 4) is 0 Å². The van der Waals surface area contributed by atoms with E-state index < -0.39 is 0 Å². The molecule has 0 fully saturated rings. The van der Waals surface area contributed by atoms with Crippen LogP contribution in [0.3, 0.4) is 0 Å². The van der Waals surface area contributed by atoms with E-state index in [-0.39, 0.29) is 16.8 Å². The zero-order valence-corrected chi connectivity index (χ0v) is 9.36. The Labute approximate surface area is 101 Å². The van der Waals surface area contributed by atoms with E-state index in [1.165, 1.54) is 0 Å². The summed E-state index contributed by atoms with van der Waals surface area (Å²) in [6.07, 6.45) is 3.28. The molecule has 0 aliphatic carbocycles. The predicted octanol–water partition coefficient (Wildman–Crippen LogP) is 3.04. The summed E-state index contributed by atoms with van der Waals surface area (Å²) in [6, 6.07) is 6.71. The largest absolute Gasteiger partial charge is 0.441 e. The molecule has 3 rings (SSSR count). The van der Waals surface area contributed by atoms with Gasteiger partial charge < -0.3 is 9.40 Å². The van der Waals surface area contributed by atoms with E-state index in [0.29, 0.717) is 11.2 Å². The van der Waals surface area contributed by atoms with E-state index in [0.717, 1.165) is 5.39 Å². The van der Waals surface area contributed by atoms with Crippen LogP contribution in [0.25, 0.3) is 11.0 Å². The number of nitrogens with zero attached hydrogens (tertiary/aromatic N) is 1. The van der Waals surface area contributed by atoms with Gasteiger partial charge in [0.1, 0.15) is 5.65 Å². The maximum absolute atomic E-state index is 12.1. The van der Waals surface area contributed by atoms with Crippen molar-refractivity contribution in [2.24, 2.45) is 0 Å². The number of furan rings is 1. The van der Waals surface area contributed by atoms with Crippen molar-refractivity contribution < 1.29 is 9.21 Å². The smallest absolute Gasteiger partial charge is 0.230 e. The number of rotatable bonds is 2. The third kappa shape index (κ3) is 1.62. The number of hydrogen-bond donors (Lipinski definition) is 1. The first kappa shape index (κ1) is 10.1. The second-order valence-electron chi connectivity index (χ2n) is 3.53. The highest BCUT2D eigenvalue weighted by Gasteiger charge is 2.17. The number of hydrogen-bond acceptors (Lipinski definition) is 3. The molecule has 0 saturated heterocycles. The minimum Gasteiger partial charge on any atom is -0.441 e.